The number of carbonyl (C=O) groups excluding carboxylic acids is 1. The van der Waals surface area contributed by atoms with E-state index in [-0.39, 0.29) is 0 Å². The molecule has 0 saturated heterocycles. The summed E-state index contributed by atoms with van der Waals surface area (Å²) in [6, 6.07) is 9.12. The van der Waals surface area contributed by atoms with Gasteiger partial charge in [0, 0.05) is 14.9 Å². The predicted octanol–water partition coefficient (Wildman–Crippen LogP) is 4.67. The highest BCUT2D eigenvalue weighted by Crippen LogP contribution is 2.30. The van der Waals surface area contributed by atoms with Crippen LogP contribution in [0.1, 0.15) is 28.1 Å². The Morgan fingerprint density at radius 3 is 2.79 bits per heavy atom. The second-order valence-corrected chi connectivity index (χ2v) is 8.29. The van der Waals surface area contributed by atoms with Gasteiger partial charge in [-0.3, -0.25) is 4.79 Å². The number of aromatic nitrogens is 2. The van der Waals surface area contributed by atoms with Gasteiger partial charge in [0.25, 0.3) is 0 Å². The molecule has 2 unspecified atom stereocenters. The van der Waals surface area contributed by atoms with Crippen LogP contribution in [-0.2, 0) is 22.5 Å². The summed E-state index contributed by atoms with van der Waals surface area (Å²) in [5, 5.41) is 14.1. The van der Waals surface area contributed by atoms with E-state index in [1.54, 1.807) is 18.3 Å². The molecule has 0 bridgehead atoms. The van der Waals surface area contributed by atoms with Gasteiger partial charge in [-0.25, -0.2) is 4.98 Å². The fourth-order valence-corrected chi connectivity index (χ4v) is 4.31. The number of carbonyl (C=O) groups is 1. The molecule has 0 aliphatic carbocycles. The van der Waals surface area contributed by atoms with E-state index < -0.39 is 18.0 Å². The van der Waals surface area contributed by atoms with Crippen molar-refractivity contribution in [2.24, 2.45) is 5.92 Å². The molecular formula is C20H20Cl2N2O3S. The van der Waals surface area contributed by atoms with E-state index in [0.29, 0.717) is 34.5 Å². The first-order valence-corrected chi connectivity index (χ1v) is 10.3. The fraction of sp³-hybridized carbons (Fsp3) is 0.300. The summed E-state index contributed by atoms with van der Waals surface area (Å²) >= 11 is 13.8. The average Bonchev–Trinajstić information content (AvgIpc) is 3.31. The summed E-state index contributed by atoms with van der Waals surface area (Å²) in [4.78, 5) is 17.7. The molecule has 0 saturated carbocycles. The number of rotatable bonds is 7. The van der Waals surface area contributed by atoms with E-state index in [4.69, 9.17) is 27.9 Å². The van der Waals surface area contributed by atoms with Crippen LogP contribution < -0.4 is 0 Å². The third-order valence-corrected chi connectivity index (χ3v) is 6.10. The van der Waals surface area contributed by atoms with Crippen LogP contribution in [0.15, 0.2) is 41.9 Å². The van der Waals surface area contributed by atoms with E-state index in [9.17, 15) is 9.90 Å². The van der Waals surface area contributed by atoms with Crippen molar-refractivity contribution in [3.63, 3.8) is 0 Å². The molecule has 0 aliphatic rings. The number of esters is 1. The maximum atomic E-state index is 12.4. The van der Waals surface area contributed by atoms with Crippen molar-refractivity contribution in [3.05, 3.63) is 73.9 Å². The smallest absolute Gasteiger partial charge is 0.312 e. The predicted molar refractivity (Wildman–Crippen MR) is 111 cm³/mol. The fourth-order valence-electron chi connectivity index (χ4n) is 3.07. The number of hydrogen-bond donors (Lipinski definition) is 1. The lowest BCUT2D eigenvalue weighted by Gasteiger charge is -2.22. The van der Waals surface area contributed by atoms with Crippen molar-refractivity contribution < 1.29 is 14.6 Å². The normalized spacial score (nSPS) is 13.3. The van der Waals surface area contributed by atoms with E-state index in [0.717, 1.165) is 10.4 Å². The minimum absolute atomic E-state index is 0.386. The summed E-state index contributed by atoms with van der Waals surface area (Å²) in [6.45, 7) is 2.24. The average molecular weight is 439 g/mol. The van der Waals surface area contributed by atoms with Crippen LogP contribution >= 0.6 is 34.5 Å². The molecule has 5 nitrogen and oxygen atoms in total. The largest absolute Gasteiger partial charge is 0.469 e. The summed E-state index contributed by atoms with van der Waals surface area (Å²) in [5.41, 5.74) is 1.38. The summed E-state index contributed by atoms with van der Waals surface area (Å²) in [7, 11) is 1.33. The molecule has 0 radical (unpaired) electrons. The number of aliphatic hydroxyl groups excluding tert-OH is 1. The standard InChI is InChI=1S/C20H20Cl2N2O3S/c1-12-23-10-18(24(12)11-13-5-6-14(21)8-17(13)22)19(25)16(20(26)27-2)9-15-4-3-7-28-15/h3-8,10,16,19,25H,9,11H2,1-2H3. The first-order valence-electron chi connectivity index (χ1n) is 8.65. The molecule has 28 heavy (non-hydrogen) atoms. The van der Waals surface area contributed by atoms with Crippen molar-refractivity contribution in [2.75, 3.05) is 7.11 Å². The number of ether oxygens (including phenoxy) is 1. The molecule has 0 spiro atoms. The zero-order chi connectivity index (χ0) is 20.3. The van der Waals surface area contributed by atoms with Gasteiger partial charge in [0.1, 0.15) is 11.9 Å². The van der Waals surface area contributed by atoms with Crippen LogP contribution in [0, 0.1) is 12.8 Å². The molecular weight excluding hydrogens is 419 g/mol. The number of hydrogen-bond acceptors (Lipinski definition) is 5. The summed E-state index contributed by atoms with van der Waals surface area (Å²) < 4.78 is 6.79. The number of imidazole rings is 1. The minimum Gasteiger partial charge on any atom is -0.469 e. The highest BCUT2D eigenvalue weighted by Gasteiger charge is 2.32. The minimum atomic E-state index is -1.07. The SMILES string of the molecule is COC(=O)C(Cc1cccs1)C(O)c1cnc(C)n1Cc1ccc(Cl)cc1Cl. The van der Waals surface area contributed by atoms with E-state index in [1.165, 1.54) is 18.4 Å². The molecule has 3 aromatic rings. The molecule has 1 aromatic carbocycles. The number of methoxy groups -OCH3 is 1. The number of halogens is 2. The Morgan fingerprint density at radius 1 is 1.36 bits per heavy atom. The molecule has 8 heteroatoms. The van der Waals surface area contributed by atoms with Gasteiger partial charge in [-0.05, 0) is 42.5 Å². The van der Waals surface area contributed by atoms with Gasteiger partial charge >= 0.3 is 5.97 Å². The maximum Gasteiger partial charge on any atom is 0.312 e. The zero-order valence-electron chi connectivity index (χ0n) is 15.4. The molecule has 2 atom stereocenters. The Hall–Kier alpha value is -1.86. The molecule has 148 valence electrons. The second-order valence-electron chi connectivity index (χ2n) is 6.41. The quantitative estimate of drug-likeness (QED) is 0.544. The Bertz CT molecular complexity index is 957. The second kappa shape index (κ2) is 9.09. The van der Waals surface area contributed by atoms with Crippen molar-refractivity contribution in [1.29, 1.82) is 0 Å². The van der Waals surface area contributed by atoms with Gasteiger partial charge in [-0.2, -0.15) is 0 Å². The first-order chi connectivity index (χ1) is 13.4. The van der Waals surface area contributed by atoms with E-state index in [1.807, 2.05) is 35.1 Å². The third kappa shape index (κ3) is 4.58. The van der Waals surface area contributed by atoms with Crippen LogP contribution in [0.2, 0.25) is 10.0 Å². The highest BCUT2D eigenvalue weighted by atomic mass is 35.5. The molecule has 0 fully saturated rings. The van der Waals surface area contributed by atoms with Gasteiger partial charge in [-0.15, -0.1) is 11.3 Å². The number of benzene rings is 1. The van der Waals surface area contributed by atoms with Gasteiger partial charge < -0.3 is 14.4 Å². The van der Waals surface area contributed by atoms with Gasteiger partial charge in [0.05, 0.1) is 31.5 Å². The third-order valence-electron chi connectivity index (χ3n) is 4.62. The molecule has 3 rings (SSSR count). The summed E-state index contributed by atoms with van der Waals surface area (Å²) in [5.74, 6) is -0.491. The number of aryl methyl sites for hydroxylation is 1. The number of nitrogens with zero attached hydrogens (tertiary/aromatic N) is 2. The van der Waals surface area contributed by atoms with Gasteiger partial charge in [-0.1, -0.05) is 35.3 Å². The molecule has 2 heterocycles. The maximum absolute atomic E-state index is 12.4. The molecule has 0 amide bonds. The Labute approximate surface area is 177 Å². The van der Waals surface area contributed by atoms with Gasteiger partial charge in [0.15, 0.2) is 0 Å². The van der Waals surface area contributed by atoms with Crippen LogP contribution in [0.3, 0.4) is 0 Å². The van der Waals surface area contributed by atoms with Crippen LogP contribution in [0.5, 0.6) is 0 Å². The lowest BCUT2D eigenvalue weighted by molar-refractivity contribution is -0.149. The lowest BCUT2D eigenvalue weighted by Crippen LogP contribution is -2.27. The highest BCUT2D eigenvalue weighted by molar-refractivity contribution is 7.09. The Morgan fingerprint density at radius 2 is 2.14 bits per heavy atom. The first kappa shape index (κ1) is 20.9. The van der Waals surface area contributed by atoms with Crippen LogP contribution in [-0.4, -0.2) is 27.7 Å². The molecule has 2 aromatic heterocycles. The van der Waals surface area contributed by atoms with Gasteiger partial charge in [0.2, 0.25) is 0 Å². The Balaban J connectivity index is 1.92. The monoisotopic (exact) mass is 438 g/mol. The van der Waals surface area contributed by atoms with Crippen LogP contribution in [0.25, 0.3) is 0 Å². The molecule has 0 aliphatic heterocycles. The zero-order valence-corrected chi connectivity index (χ0v) is 17.8. The van der Waals surface area contributed by atoms with E-state index >= 15 is 0 Å². The van der Waals surface area contributed by atoms with Crippen molar-refractivity contribution in [2.45, 2.75) is 26.0 Å². The lowest BCUT2D eigenvalue weighted by atomic mass is 9.95. The van der Waals surface area contributed by atoms with Crippen molar-refractivity contribution in [1.82, 2.24) is 9.55 Å². The topological polar surface area (TPSA) is 64.3 Å². The summed E-state index contributed by atoms with van der Waals surface area (Å²) in [6.07, 6.45) is 0.910. The van der Waals surface area contributed by atoms with E-state index in [2.05, 4.69) is 4.98 Å². The van der Waals surface area contributed by atoms with Crippen LogP contribution in [0.4, 0.5) is 0 Å². The molecule has 1 N–H and O–H groups in total. The van der Waals surface area contributed by atoms with Crippen molar-refractivity contribution in [3.8, 4) is 0 Å². The Kier molecular flexibility index (Phi) is 6.78. The number of thiophene rings is 1. The van der Waals surface area contributed by atoms with Crippen molar-refractivity contribution >= 4 is 40.5 Å². The number of aliphatic hydroxyl groups is 1.